The number of fused-ring (bicyclic) bond motifs is 1. The van der Waals surface area contributed by atoms with Gasteiger partial charge in [0.15, 0.2) is 5.78 Å². The molecule has 1 N–H and O–H groups in total. The summed E-state index contributed by atoms with van der Waals surface area (Å²) < 4.78 is 21.8. The van der Waals surface area contributed by atoms with Crippen molar-refractivity contribution in [2.75, 3.05) is 11.9 Å². The van der Waals surface area contributed by atoms with Crippen molar-refractivity contribution in [3.05, 3.63) is 44.4 Å². The largest absolute Gasteiger partial charge is 0.462 e. The molecule has 2 aromatic rings. The molecular weight excluding hydrogens is 438 g/mol. The third-order valence-corrected chi connectivity index (χ3v) is 4.92. The average Bonchev–Trinajstić information content (AvgIpc) is 2.84. The summed E-state index contributed by atoms with van der Waals surface area (Å²) in [5.74, 6) is -0.543. The van der Waals surface area contributed by atoms with E-state index in [4.69, 9.17) is 4.74 Å². The van der Waals surface area contributed by atoms with Gasteiger partial charge in [0.25, 0.3) is 0 Å². The fraction of sp³-hybridized carbons (Fsp3) is 0.333. The zero-order chi connectivity index (χ0) is 18.1. The Bertz CT molecular complexity index is 860. The lowest BCUT2D eigenvalue weighted by Gasteiger charge is -2.12. The van der Waals surface area contributed by atoms with Crippen LogP contribution in [0.5, 0.6) is 0 Å². The number of anilines is 2. The highest BCUT2D eigenvalue weighted by molar-refractivity contribution is 14.1. The molecule has 1 heterocycles. The first-order chi connectivity index (χ1) is 11.9. The third kappa shape index (κ3) is 3.29. The average molecular weight is 456 g/mol. The minimum atomic E-state index is -0.498. The highest BCUT2D eigenvalue weighted by Gasteiger charge is 2.32. The smallest absolute Gasteiger partial charge is 0.342 e. The van der Waals surface area contributed by atoms with E-state index in [0.717, 1.165) is 3.57 Å². The molecule has 0 unspecified atom stereocenters. The standard InChI is InChI=1S/C18H18FIN2O3/c1-3-25-18(24)15-11-5-4-6-14(23)16(11)22(2)17(15)21-13-8-7-10(20)9-12(13)19/h7-9,21H,3-6H2,1-2H3. The molecule has 132 valence electrons. The van der Waals surface area contributed by atoms with Crippen LogP contribution in [0.4, 0.5) is 15.9 Å². The number of rotatable bonds is 4. The van der Waals surface area contributed by atoms with Crippen LogP contribution in [0.15, 0.2) is 18.2 Å². The Kier molecular flexibility index (Phi) is 5.12. The minimum Gasteiger partial charge on any atom is -0.462 e. The second kappa shape index (κ2) is 7.15. The number of ketones is 1. The number of ether oxygens (including phenoxy) is 1. The van der Waals surface area contributed by atoms with Crippen LogP contribution >= 0.6 is 22.6 Å². The van der Waals surface area contributed by atoms with Crippen LogP contribution in [0.3, 0.4) is 0 Å². The van der Waals surface area contributed by atoms with Gasteiger partial charge in [0, 0.05) is 17.0 Å². The predicted molar refractivity (Wildman–Crippen MR) is 101 cm³/mol. The van der Waals surface area contributed by atoms with Crippen molar-refractivity contribution in [3.8, 4) is 0 Å². The Morgan fingerprint density at radius 3 is 2.84 bits per heavy atom. The zero-order valence-corrected chi connectivity index (χ0v) is 16.1. The molecule has 1 aliphatic rings. The number of aromatic nitrogens is 1. The molecule has 5 nitrogen and oxygen atoms in total. The summed E-state index contributed by atoms with van der Waals surface area (Å²) in [7, 11) is 1.71. The molecule has 1 aliphatic carbocycles. The molecule has 1 aromatic heterocycles. The molecule has 0 spiro atoms. The number of hydrogen-bond donors (Lipinski definition) is 1. The summed E-state index contributed by atoms with van der Waals surface area (Å²) in [6.45, 7) is 1.96. The molecule has 0 aliphatic heterocycles. The maximum Gasteiger partial charge on any atom is 0.342 e. The molecule has 0 fully saturated rings. The van der Waals surface area contributed by atoms with Crippen molar-refractivity contribution >= 4 is 45.8 Å². The van der Waals surface area contributed by atoms with Crippen molar-refractivity contribution in [3.63, 3.8) is 0 Å². The maximum absolute atomic E-state index is 14.2. The predicted octanol–water partition coefficient (Wildman–Crippen LogP) is 4.21. The number of nitrogens with one attached hydrogen (secondary N) is 1. The lowest BCUT2D eigenvalue weighted by atomic mass is 9.94. The highest BCUT2D eigenvalue weighted by Crippen LogP contribution is 2.35. The number of esters is 1. The molecule has 3 rings (SSSR count). The fourth-order valence-corrected chi connectivity index (χ4v) is 3.63. The number of carbonyl (C=O) groups excluding carboxylic acids is 2. The zero-order valence-electron chi connectivity index (χ0n) is 14.0. The Balaban J connectivity index is 2.14. The summed E-state index contributed by atoms with van der Waals surface area (Å²) in [6, 6.07) is 4.78. The molecule has 0 bridgehead atoms. The van der Waals surface area contributed by atoms with Gasteiger partial charge in [0.05, 0.1) is 18.0 Å². The van der Waals surface area contributed by atoms with Gasteiger partial charge in [-0.05, 0) is 66.1 Å². The van der Waals surface area contributed by atoms with Crippen LogP contribution in [0.1, 0.15) is 46.2 Å². The van der Waals surface area contributed by atoms with Crippen molar-refractivity contribution in [2.24, 2.45) is 7.05 Å². The summed E-state index contributed by atoms with van der Waals surface area (Å²) >= 11 is 2.03. The van der Waals surface area contributed by atoms with Crippen LogP contribution in [-0.2, 0) is 18.2 Å². The molecule has 0 atom stereocenters. The van der Waals surface area contributed by atoms with Crippen LogP contribution < -0.4 is 5.32 Å². The fourth-order valence-electron chi connectivity index (χ4n) is 3.17. The molecule has 0 saturated carbocycles. The van der Waals surface area contributed by atoms with E-state index < -0.39 is 11.8 Å². The number of halogens is 2. The first-order valence-electron chi connectivity index (χ1n) is 8.08. The van der Waals surface area contributed by atoms with Gasteiger partial charge in [0.1, 0.15) is 17.2 Å². The maximum atomic E-state index is 14.2. The van der Waals surface area contributed by atoms with Crippen LogP contribution in [0, 0.1) is 9.39 Å². The first kappa shape index (κ1) is 17.9. The summed E-state index contributed by atoms with van der Waals surface area (Å²) in [5, 5.41) is 2.98. The van der Waals surface area contributed by atoms with Crippen LogP contribution in [0.25, 0.3) is 0 Å². The molecule has 0 saturated heterocycles. The number of carbonyl (C=O) groups is 2. The molecule has 0 amide bonds. The topological polar surface area (TPSA) is 60.3 Å². The number of Topliss-reactive ketones (excluding diaryl/α,β-unsaturated/α-hetero) is 1. The van der Waals surface area contributed by atoms with E-state index in [1.165, 1.54) is 6.07 Å². The van der Waals surface area contributed by atoms with Gasteiger partial charge >= 0.3 is 5.97 Å². The Hall–Kier alpha value is -1.90. The number of hydrogen-bond acceptors (Lipinski definition) is 4. The first-order valence-corrected chi connectivity index (χ1v) is 9.15. The molecule has 7 heteroatoms. The summed E-state index contributed by atoms with van der Waals surface area (Å²) in [4.78, 5) is 24.8. The Labute approximate surface area is 158 Å². The summed E-state index contributed by atoms with van der Waals surface area (Å²) in [6.07, 6.45) is 1.77. The van der Waals surface area contributed by atoms with Gasteiger partial charge in [-0.2, -0.15) is 0 Å². The molecule has 0 radical (unpaired) electrons. The van der Waals surface area contributed by atoms with E-state index in [9.17, 15) is 14.0 Å². The van der Waals surface area contributed by atoms with Crippen molar-refractivity contribution in [2.45, 2.75) is 26.2 Å². The molecular formula is C18H18FIN2O3. The minimum absolute atomic E-state index is 0.00886. The van der Waals surface area contributed by atoms with E-state index in [0.29, 0.717) is 41.9 Å². The third-order valence-electron chi connectivity index (χ3n) is 4.25. The van der Waals surface area contributed by atoms with Crippen LogP contribution in [-0.4, -0.2) is 22.9 Å². The SMILES string of the molecule is CCOC(=O)c1c2c(n(C)c1Nc1ccc(I)cc1F)C(=O)CCC2. The number of benzene rings is 1. The number of nitrogens with zero attached hydrogens (tertiary/aromatic N) is 1. The Morgan fingerprint density at radius 1 is 1.40 bits per heavy atom. The van der Waals surface area contributed by atoms with E-state index in [2.05, 4.69) is 5.32 Å². The van der Waals surface area contributed by atoms with Crippen LogP contribution in [0.2, 0.25) is 0 Å². The van der Waals surface area contributed by atoms with E-state index in [1.807, 2.05) is 22.6 Å². The van der Waals surface area contributed by atoms with E-state index in [1.54, 1.807) is 30.7 Å². The quantitative estimate of drug-likeness (QED) is 0.554. The highest BCUT2D eigenvalue weighted by atomic mass is 127. The second-order valence-electron chi connectivity index (χ2n) is 5.86. The van der Waals surface area contributed by atoms with Gasteiger partial charge in [-0.1, -0.05) is 0 Å². The Morgan fingerprint density at radius 2 is 2.16 bits per heavy atom. The van der Waals surface area contributed by atoms with Gasteiger partial charge in [-0.25, -0.2) is 9.18 Å². The normalized spacial score (nSPS) is 13.5. The van der Waals surface area contributed by atoms with Gasteiger partial charge in [0.2, 0.25) is 0 Å². The lowest BCUT2D eigenvalue weighted by molar-refractivity contribution is 0.0526. The van der Waals surface area contributed by atoms with Gasteiger partial charge in [-0.3, -0.25) is 4.79 Å². The summed E-state index contributed by atoms with van der Waals surface area (Å²) in [5.41, 5.74) is 1.76. The van der Waals surface area contributed by atoms with Crippen molar-refractivity contribution in [1.29, 1.82) is 0 Å². The van der Waals surface area contributed by atoms with Crippen molar-refractivity contribution in [1.82, 2.24) is 4.57 Å². The van der Waals surface area contributed by atoms with Crippen molar-refractivity contribution < 1.29 is 18.7 Å². The molecule has 1 aromatic carbocycles. The van der Waals surface area contributed by atoms with Gasteiger partial charge in [-0.15, -0.1) is 0 Å². The monoisotopic (exact) mass is 456 g/mol. The van der Waals surface area contributed by atoms with Gasteiger partial charge < -0.3 is 14.6 Å². The van der Waals surface area contributed by atoms with E-state index in [-0.39, 0.29) is 18.1 Å². The van der Waals surface area contributed by atoms with E-state index >= 15 is 0 Å². The molecule has 25 heavy (non-hydrogen) atoms. The second-order valence-corrected chi connectivity index (χ2v) is 7.10. The lowest BCUT2D eigenvalue weighted by Crippen LogP contribution is -2.15.